The van der Waals surface area contributed by atoms with Gasteiger partial charge in [0, 0.05) is 6.61 Å². The minimum Gasteiger partial charge on any atom is -0.382 e. The molecule has 41 heavy (non-hydrogen) atoms. The van der Waals surface area contributed by atoms with E-state index in [-0.39, 0.29) is 25.7 Å². The Labute approximate surface area is 247 Å². The summed E-state index contributed by atoms with van der Waals surface area (Å²) < 4.78 is 37.1. The van der Waals surface area contributed by atoms with Crippen molar-refractivity contribution in [3.05, 3.63) is 12.7 Å². The second kappa shape index (κ2) is 19.6. The van der Waals surface area contributed by atoms with Crippen LogP contribution in [0.5, 0.6) is 0 Å². The van der Waals surface area contributed by atoms with Crippen molar-refractivity contribution in [2.24, 2.45) is 5.92 Å². The van der Waals surface area contributed by atoms with Crippen LogP contribution < -0.4 is 5.73 Å². The van der Waals surface area contributed by atoms with Gasteiger partial charge in [-0.2, -0.15) is 0 Å². The largest absolute Gasteiger partial charge is 0.382 e. The van der Waals surface area contributed by atoms with Crippen LogP contribution in [-0.4, -0.2) is 58.4 Å². The highest BCUT2D eigenvalue weighted by atomic mass is 31.2. The summed E-state index contributed by atoms with van der Waals surface area (Å²) in [4.78, 5) is 12.4. The number of hydrogen-bond acceptors (Lipinski definition) is 9. The molecule has 234 valence electrons. The van der Waals surface area contributed by atoms with Crippen LogP contribution in [-0.2, 0) is 29.6 Å². The fourth-order valence-corrected chi connectivity index (χ4v) is 6.49. The number of aromatic nitrogens is 4. The molecule has 1 unspecified atom stereocenters. The average Bonchev–Trinajstić information content (AvgIpc) is 3.37. The molecule has 3 rings (SSSR count). The smallest absolute Gasteiger partial charge is 0.356 e. The second-order valence-electron chi connectivity index (χ2n) is 11.7. The first-order chi connectivity index (χ1) is 20.0. The van der Waals surface area contributed by atoms with Gasteiger partial charge in [-0.25, -0.2) is 15.0 Å². The zero-order valence-electron chi connectivity index (χ0n) is 25.5. The number of nitrogens with zero attached hydrogens (tertiary/aromatic N) is 4. The van der Waals surface area contributed by atoms with E-state index in [1.165, 1.54) is 96.2 Å². The minimum atomic E-state index is -3.27. The lowest BCUT2D eigenvalue weighted by Gasteiger charge is -2.29. The van der Waals surface area contributed by atoms with Crippen molar-refractivity contribution < 1.29 is 23.1 Å². The Balaban J connectivity index is 1.07. The Morgan fingerprint density at radius 3 is 2.15 bits per heavy atom. The van der Waals surface area contributed by atoms with Crippen molar-refractivity contribution in [2.45, 2.75) is 123 Å². The number of fused-ring (bicyclic) bond motifs is 1. The van der Waals surface area contributed by atoms with Crippen LogP contribution in [0.3, 0.4) is 0 Å². The number of rotatable bonds is 23. The molecule has 0 saturated carbocycles. The summed E-state index contributed by atoms with van der Waals surface area (Å²) in [6.07, 6.45) is 22.9. The normalized spacial score (nSPS) is 19.4. The molecular weight excluding hydrogens is 541 g/mol. The molecule has 0 aromatic carbocycles. The molecule has 1 aliphatic heterocycles. The highest BCUT2D eigenvalue weighted by Crippen LogP contribution is 2.50. The van der Waals surface area contributed by atoms with Gasteiger partial charge in [0.15, 0.2) is 11.5 Å². The number of nitrogens with two attached hydrogens (primary N) is 1. The fourth-order valence-electron chi connectivity index (χ4n) is 5.13. The third-order valence-corrected chi connectivity index (χ3v) is 9.17. The van der Waals surface area contributed by atoms with Gasteiger partial charge in [-0.05, 0) is 12.3 Å². The summed E-state index contributed by atoms with van der Waals surface area (Å²) in [5.74, 6) is 1.19. The van der Waals surface area contributed by atoms with Gasteiger partial charge in [0.05, 0.1) is 32.7 Å². The molecule has 1 saturated heterocycles. The Morgan fingerprint density at radius 1 is 0.902 bits per heavy atom. The maximum Gasteiger partial charge on any atom is 0.356 e. The standard InChI is InChI=1S/C30H54N5O5P/c1-26(2)17-15-13-11-9-7-5-3-4-6-8-10-12-14-16-18-37-19-20-39-41(36)25-38-27(22-40-41)21-35-24-34-28-29(31)32-23-33-30(28)35/h23-24,26-27H,3-22,25H2,1-2H3,(H2,31,32,33)/t27-,41?/m0/s1. The molecule has 0 radical (unpaired) electrons. The Bertz CT molecular complexity index is 1010. The predicted octanol–water partition coefficient (Wildman–Crippen LogP) is 7.52. The summed E-state index contributed by atoms with van der Waals surface area (Å²) in [6, 6.07) is 0. The maximum atomic E-state index is 12.8. The molecule has 2 aromatic heterocycles. The van der Waals surface area contributed by atoms with Gasteiger partial charge >= 0.3 is 7.60 Å². The number of hydrogen-bond donors (Lipinski definition) is 1. The van der Waals surface area contributed by atoms with E-state index in [2.05, 4.69) is 28.8 Å². The van der Waals surface area contributed by atoms with Gasteiger partial charge < -0.3 is 28.8 Å². The van der Waals surface area contributed by atoms with Crippen LogP contribution in [0.1, 0.15) is 110 Å². The second-order valence-corrected chi connectivity index (χ2v) is 13.7. The van der Waals surface area contributed by atoms with Crippen LogP contribution in [0, 0.1) is 5.92 Å². The maximum absolute atomic E-state index is 12.8. The van der Waals surface area contributed by atoms with E-state index in [1.54, 1.807) is 6.33 Å². The van der Waals surface area contributed by atoms with E-state index in [1.807, 2.05) is 4.57 Å². The summed E-state index contributed by atoms with van der Waals surface area (Å²) >= 11 is 0. The number of ether oxygens (including phenoxy) is 2. The summed E-state index contributed by atoms with van der Waals surface area (Å²) in [5, 5.41) is 0. The zero-order valence-corrected chi connectivity index (χ0v) is 26.4. The number of unbranched alkanes of at least 4 members (excludes halogenated alkanes) is 13. The van der Waals surface area contributed by atoms with Gasteiger partial charge in [-0.1, -0.05) is 104 Å². The third-order valence-electron chi connectivity index (χ3n) is 7.59. The van der Waals surface area contributed by atoms with E-state index in [4.69, 9.17) is 24.3 Å². The molecule has 1 fully saturated rings. The molecule has 0 aliphatic carbocycles. The molecule has 2 N–H and O–H groups in total. The highest BCUT2D eigenvalue weighted by Gasteiger charge is 2.33. The van der Waals surface area contributed by atoms with Crippen LogP contribution >= 0.6 is 7.60 Å². The third kappa shape index (κ3) is 13.5. The Morgan fingerprint density at radius 2 is 1.54 bits per heavy atom. The molecule has 0 amide bonds. The minimum absolute atomic E-state index is 0.0833. The van der Waals surface area contributed by atoms with E-state index in [0.29, 0.717) is 36.7 Å². The van der Waals surface area contributed by atoms with Crippen LogP contribution in [0.15, 0.2) is 12.7 Å². The van der Waals surface area contributed by atoms with Gasteiger partial charge in [0.25, 0.3) is 0 Å². The Hall–Kier alpha value is -1.58. The van der Waals surface area contributed by atoms with Crippen molar-refractivity contribution in [3.8, 4) is 0 Å². The fraction of sp³-hybridized carbons (Fsp3) is 0.833. The van der Waals surface area contributed by atoms with Crippen LogP contribution in [0.4, 0.5) is 5.82 Å². The molecular formula is C30H54N5O5P. The van der Waals surface area contributed by atoms with Crippen molar-refractivity contribution in [3.63, 3.8) is 0 Å². The number of imidazole rings is 1. The summed E-state index contributed by atoms with van der Waals surface area (Å²) in [5.41, 5.74) is 7.01. The average molecular weight is 596 g/mol. The SMILES string of the molecule is CC(C)CCCCCCCCCCCCCCCCOCCOP1(=O)CO[C@@H](Cn2cnc3c(N)ncnc32)CO1. The van der Waals surface area contributed by atoms with Crippen molar-refractivity contribution in [2.75, 3.05) is 38.5 Å². The first-order valence-electron chi connectivity index (χ1n) is 16.0. The molecule has 2 atom stereocenters. The van der Waals surface area contributed by atoms with Gasteiger partial charge in [-0.3, -0.25) is 4.57 Å². The summed E-state index contributed by atoms with van der Waals surface area (Å²) in [6.45, 7) is 6.59. The van der Waals surface area contributed by atoms with E-state index in [0.717, 1.165) is 12.3 Å². The van der Waals surface area contributed by atoms with Crippen molar-refractivity contribution >= 4 is 24.6 Å². The quantitative estimate of drug-likeness (QED) is 0.103. The van der Waals surface area contributed by atoms with Crippen molar-refractivity contribution in [1.82, 2.24) is 19.5 Å². The molecule has 3 heterocycles. The first-order valence-corrected chi connectivity index (χ1v) is 17.7. The monoisotopic (exact) mass is 595 g/mol. The zero-order chi connectivity index (χ0) is 29.2. The lowest BCUT2D eigenvalue weighted by atomic mass is 10.0. The van der Waals surface area contributed by atoms with Crippen LogP contribution in [0.25, 0.3) is 11.2 Å². The summed E-state index contributed by atoms with van der Waals surface area (Å²) in [7, 11) is -3.27. The van der Waals surface area contributed by atoms with E-state index < -0.39 is 7.60 Å². The molecule has 0 spiro atoms. The molecule has 2 aromatic rings. The van der Waals surface area contributed by atoms with Crippen LogP contribution in [0.2, 0.25) is 0 Å². The number of anilines is 1. The topological polar surface area (TPSA) is 124 Å². The highest BCUT2D eigenvalue weighted by molar-refractivity contribution is 7.53. The molecule has 0 bridgehead atoms. The predicted molar refractivity (Wildman–Crippen MR) is 164 cm³/mol. The lowest BCUT2D eigenvalue weighted by molar-refractivity contribution is -0.0169. The van der Waals surface area contributed by atoms with Gasteiger partial charge in [-0.15, -0.1) is 0 Å². The number of nitrogen functional groups attached to an aromatic ring is 1. The van der Waals surface area contributed by atoms with E-state index in [9.17, 15) is 4.57 Å². The lowest BCUT2D eigenvalue weighted by Crippen LogP contribution is -2.30. The molecule has 1 aliphatic rings. The van der Waals surface area contributed by atoms with Gasteiger partial charge in [0.1, 0.15) is 24.3 Å². The Kier molecular flexibility index (Phi) is 16.2. The van der Waals surface area contributed by atoms with Gasteiger partial charge in [0.2, 0.25) is 0 Å². The van der Waals surface area contributed by atoms with E-state index >= 15 is 0 Å². The van der Waals surface area contributed by atoms with Crippen molar-refractivity contribution in [1.29, 1.82) is 0 Å². The molecule has 11 heteroatoms. The molecule has 10 nitrogen and oxygen atoms in total. The first kappa shape index (κ1) is 33.9.